The number of piperidine rings is 1. The minimum atomic E-state index is 0.0882. The van der Waals surface area contributed by atoms with Gasteiger partial charge in [-0.2, -0.15) is 0 Å². The summed E-state index contributed by atoms with van der Waals surface area (Å²) < 4.78 is 2.46. The number of rotatable bonds is 6. The largest absolute Gasteiger partial charge is 0.396 e. The van der Waals surface area contributed by atoms with E-state index in [9.17, 15) is 9.90 Å². The van der Waals surface area contributed by atoms with Gasteiger partial charge < -0.3 is 14.6 Å². The number of hydrogen-bond acceptors (Lipinski definition) is 3. The number of nitrogens with zero attached hydrogens (tertiary/aromatic N) is 2. The lowest BCUT2D eigenvalue weighted by atomic mass is 9.70. The first kappa shape index (κ1) is 19.3. The first-order valence-electron chi connectivity index (χ1n) is 11.5. The molecule has 1 aromatic carbocycles. The number of aliphatic hydroxyl groups excluding tert-OH is 1. The first-order valence-corrected chi connectivity index (χ1v) is 11.5. The Morgan fingerprint density at radius 1 is 1.28 bits per heavy atom. The Bertz CT molecular complexity index is 938. The number of Topliss-reactive ketones (excluding diaryl/α,β-unsaturated/α-hetero) is 1. The van der Waals surface area contributed by atoms with Crippen molar-refractivity contribution in [1.82, 2.24) is 9.47 Å². The number of aliphatic hydroxyl groups is 1. The fourth-order valence-corrected chi connectivity index (χ4v) is 6.21. The van der Waals surface area contributed by atoms with Crippen LogP contribution in [0.3, 0.4) is 0 Å². The third-order valence-corrected chi connectivity index (χ3v) is 8.04. The van der Waals surface area contributed by atoms with Gasteiger partial charge in [0.05, 0.1) is 0 Å². The van der Waals surface area contributed by atoms with Crippen LogP contribution in [0.1, 0.15) is 67.7 Å². The number of hydrogen-bond donors (Lipinski definition) is 1. The Morgan fingerprint density at radius 2 is 2.07 bits per heavy atom. The second-order valence-electron chi connectivity index (χ2n) is 9.82. The van der Waals surface area contributed by atoms with E-state index in [-0.39, 0.29) is 18.4 Å². The molecule has 1 saturated carbocycles. The number of carbonyl (C=O) groups excluding carboxylic acids is 1. The molecule has 3 aliphatic rings. The lowest BCUT2D eigenvalue weighted by Crippen LogP contribution is -2.49. The summed E-state index contributed by atoms with van der Waals surface area (Å²) in [5.74, 6) is 1.73. The number of fused-ring (bicyclic) bond motifs is 2. The van der Waals surface area contributed by atoms with Gasteiger partial charge in [-0.3, -0.25) is 4.79 Å². The van der Waals surface area contributed by atoms with E-state index < -0.39 is 0 Å². The maximum absolute atomic E-state index is 13.0. The zero-order valence-electron chi connectivity index (χ0n) is 18.0. The molecule has 1 aliphatic heterocycles. The SMILES string of the molecule is CCC(CO)CC(=O)[C@@H]1C[C@@H]2c3cccc4c3c(c(C3CC3)n4C)C[C@H]2N(C)C1. The topological polar surface area (TPSA) is 45.5 Å². The predicted octanol–water partition coefficient (Wildman–Crippen LogP) is 3.99. The normalized spacial score (nSPS) is 27.8. The van der Waals surface area contributed by atoms with Crippen molar-refractivity contribution < 1.29 is 9.90 Å². The monoisotopic (exact) mass is 394 g/mol. The molecule has 2 aromatic rings. The number of aromatic nitrogens is 1. The van der Waals surface area contributed by atoms with Crippen molar-refractivity contribution in [3.05, 3.63) is 35.0 Å². The van der Waals surface area contributed by atoms with E-state index in [4.69, 9.17) is 0 Å². The molecule has 4 heteroatoms. The second-order valence-corrected chi connectivity index (χ2v) is 9.82. The van der Waals surface area contributed by atoms with Gasteiger partial charge in [-0.1, -0.05) is 25.5 Å². The Balaban J connectivity index is 1.51. The number of aryl methyl sites for hydroxylation is 1. The lowest BCUT2D eigenvalue weighted by Gasteiger charge is -2.45. The lowest BCUT2D eigenvalue weighted by molar-refractivity contribution is -0.126. The Kier molecular flexibility index (Phi) is 4.83. The smallest absolute Gasteiger partial charge is 0.137 e. The van der Waals surface area contributed by atoms with Crippen LogP contribution < -0.4 is 0 Å². The molecule has 156 valence electrons. The summed E-state index contributed by atoms with van der Waals surface area (Å²) in [6.07, 6.45) is 6.13. The summed E-state index contributed by atoms with van der Waals surface area (Å²) in [5.41, 5.74) is 6.01. The molecule has 4 nitrogen and oxygen atoms in total. The Labute approximate surface area is 173 Å². The van der Waals surface area contributed by atoms with Crippen LogP contribution in [-0.4, -0.2) is 46.6 Å². The molecule has 1 N–H and O–H groups in total. The molecule has 5 rings (SSSR count). The van der Waals surface area contributed by atoms with Gasteiger partial charge in [0.25, 0.3) is 0 Å². The molecular weight excluding hydrogens is 360 g/mol. The zero-order chi connectivity index (χ0) is 20.3. The van der Waals surface area contributed by atoms with Crippen molar-refractivity contribution in [3.8, 4) is 0 Å². The van der Waals surface area contributed by atoms with Crippen molar-refractivity contribution in [2.24, 2.45) is 18.9 Å². The summed E-state index contributed by atoms with van der Waals surface area (Å²) in [5, 5.41) is 11.0. The number of benzene rings is 1. The molecule has 1 unspecified atom stereocenters. The van der Waals surface area contributed by atoms with Crippen LogP contribution in [0, 0.1) is 11.8 Å². The Hall–Kier alpha value is -1.65. The maximum Gasteiger partial charge on any atom is 0.137 e. The standard InChI is InChI=1S/C25H34N2O2/c1-4-15(14-28)10-23(29)17-11-19-18-6-5-7-21-24(18)20(12-22(19)26(2)13-17)25(27(21)3)16-8-9-16/h5-7,15-17,19,22,28H,4,8-14H2,1-3H3/t15?,17-,19-,22-/m1/s1. The van der Waals surface area contributed by atoms with E-state index in [0.717, 1.165) is 31.7 Å². The fourth-order valence-electron chi connectivity index (χ4n) is 6.21. The molecule has 0 amide bonds. The highest BCUT2D eigenvalue weighted by molar-refractivity contribution is 5.91. The van der Waals surface area contributed by atoms with Gasteiger partial charge in [-0.05, 0) is 61.8 Å². The third kappa shape index (κ3) is 3.07. The predicted molar refractivity (Wildman–Crippen MR) is 116 cm³/mol. The van der Waals surface area contributed by atoms with Crippen LogP contribution >= 0.6 is 0 Å². The summed E-state index contributed by atoms with van der Waals surface area (Å²) in [6, 6.07) is 7.31. The van der Waals surface area contributed by atoms with Crippen LogP contribution in [0.25, 0.3) is 10.9 Å². The molecule has 2 aliphatic carbocycles. The molecule has 0 spiro atoms. The summed E-state index contributed by atoms with van der Waals surface area (Å²) in [7, 11) is 4.46. The molecule has 1 aromatic heterocycles. The van der Waals surface area contributed by atoms with E-state index >= 15 is 0 Å². The molecule has 4 atom stereocenters. The molecule has 2 heterocycles. The highest BCUT2D eigenvalue weighted by atomic mass is 16.3. The van der Waals surface area contributed by atoms with Crippen molar-refractivity contribution in [1.29, 1.82) is 0 Å². The van der Waals surface area contributed by atoms with Crippen molar-refractivity contribution >= 4 is 16.7 Å². The van der Waals surface area contributed by atoms with Crippen molar-refractivity contribution in [3.63, 3.8) is 0 Å². The molecule has 0 radical (unpaired) electrons. The minimum Gasteiger partial charge on any atom is -0.396 e. The summed E-state index contributed by atoms with van der Waals surface area (Å²) in [6.45, 7) is 3.04. The number of carbonyl (C=O) groups is 1. The first-order chi connectivity index (χ1) is 14.0. The minimum absolute atomic E-state index is 0.0882. The van der Waals surface area contributed by atoms with Gasteiger partial charge in [0, 0.05) is 61.1 Å². The molecule has 0 bridgehead atoms. The van der Waals surface area contributed by atoms with E-state index in [1.54, 1.807) is 11.3 Å². The zero-order valence-corrected chi connectivity index (χ0v) is 18.0. The van der Waals surface area contributed by atoms with E-state index in [1.807, 2.05) is 0 Å². The molecular formula is C25H34N2O2. The molecule has 1 saturated heterocycles. The average molecular weight is 395 g/mol. The van der Waals surface area contributed by atoms with Crippen LogP contribution in [0.4, 0.5) is 0 Å². The van der Waals surface area contributed by atoms with Gasteiger partial charge in [0.15, 0.2) is 0 Å². The number of likely N-dealkylation sites (tertiary alicyclic amines) is 1. The van der Waals surface area contributed by atoms with E-state index in [2.05, 4.69) is 48.7 Å². The van der Waals surface area contributed by atoms with Gasteiger partial charge in [-0.15, -0.1) is 0 Å². The molecule has 29 heavy (non-hydrogen) atoms. The van der Waals surface area contributed by atoms with Gasteiger partial charge >= 0.3 is 0 Å². The third-order valence-electron chi connectivity index (χ3n) is 8.04. The van der Waals surface area contributed by atoms with Gasteiger partial charge in [0.2, 0.25) is 0 Å². The van der Waals surface area contributed by atoms with Crippen molar-refractivity contribution in [2.45, 2.75) is 63.3 Å². The highest BCUT2D eigenvalue weighted by Gasteiger charge is 2.43. The summed E-state index contributed by atoms with van der Waals surface area (Å²) in [4.78, 5) is 15.5. The van der Waals surface area contributed by atoms with Crippen molar-refractivity contribution in [2.75, 3.05) is 20.2 Å². The summed E-state index contributed by atoms with van der Waals surface area (Å²) >= 11 is 0. The van der Waals surface area contributed by atoms with Crippen LogP contribution in [0.5, 0.6) is 0 Å². The maximum atomic E-state index is 13.0. The fraction of sp³-hybridized carbons (Fsp3) is 0.640. The van der Waals surface area contributed by atoms with E-state index in [0.29, 0.717) is 24.2 Å². The average Bonchev–Trinajstić information content (AvgIpc) is 3.52. The number of likely N-dealkylation sites (N-methyl/N-ethyl adjacent to an activating group) is 1. The van der Waals surface area contributed by atoms with Crippen LogP contribution in [0.15, 0.2) is 18.2 Å². The van der Waals surface area contributed by atoms with Crippen LogP contribution in [0.2, 0.25) is 0 Å². The Morgan fingerprint density at radius 3 is 2.76 bits per heavy atom. The highest BCUT2D eigenvalue weighted by Crippen LogP contribution is 2.51. The van der Waals surface area contributed by atoms with Crippen LogP contribution in [-0.2, 0) is 18.3 Å². The second kappa shape index (κ2) is 7.24. The van der Waals surface area contributed by atoms with E-state index in [1.165, 1.54) is 29.3 Å². The van der Waals surface area contributed by atoms with Gasteiger partial charge in [0.1, 0.15) is 5.78 Å². The quantitative estimate of drug-likeness (QED) is 0.806. The number of ketones is 1. The van der Waals surface area contributed by atoms with Gasteiger partial charge in [-0.25, -0.2) is 0 Å². The molecule has 2 fully saturated rings.